The zero-order chi connectivity index (χ0) is 14.0. The number of hydrogen-bond donors (Lipinski definition) is 0. The van der Waals surface area contributed by atoms with Gasteiger partial charge in [-0.3, -0.25) is 4.79 Å². The van der Waals surface area contributed by atoms with E-state index >= 15 is 0 Å². The van der Waals surface area contributed by atoms with Gasteiger partial charge in [-0.2, -0.15) is 0 Å². The molecule has 0 saturated heterocycles. The lowest BCUT2D eigenvalue weighted by Crippen LogP contribution is -2.19. The number of carbonyl (C=O) groups is 1. The van der Waals surface area contributed by atoms with Crippen molar-refractivity contribution in [3.05, 3.63) is 35.4 Å². The summed E-state index contributed by atoms with van der Waals surface area (Å²) in [7, 11) is 2.16. The monoisotopic (exact) mass is 257 g/mol. The summed E-state index contributed by atoms with van der Waals surface area (Å²) in [6.07, 6.45) is 4.91. The van der Waals surface area contributed by atoms with Gasteiger partial charge in [0.2, 0.25) is 0 Å². The summed E-state index contributed by atoms with van der Waals surface area (Å²) in [5.41, 5.74) is 5.08. The molecule has 102 valence electrons. The number of aldehydes is 1. The fourth-order valence-electron chi connectivity index (χ4n) is 2.87. The Hall–Kier alpha value is -1.57. The third-order valence-corrected chi connectivity index (χ3v) is 4.21. The molecule has 0 spiro atoms. The summed E-state index contributed by atoms with van der Waals surface area (Å²) in [4.78, 5) is 13.0. The van der Waals surface area contributed by atoms with E-state index in [1.807, 2.05) is 6.92 Å². The molecule has 0 aromatic heterocycles. The van der Waals surface area contributed by atoms with E-state index in [2.05, 4.69) is 44.0 Å². The molecule has 0 unspecified atom stereocenters. The highest BCUT2D eigenvalue weighted by Crippen LogP contribution is 2.39. The Kier molecular flexibility index (Phi) is 3.79. The van der Waals surface area contributed by atoms with E-state index < -0.39 is 0 Å². The van der Waals surface area contributed by atoms with Gasteiger partial charge < -0.3 is 4.90 Å². The summed E-state index contributed by atoms with van der Waals surface area (Å²) in [5, 5.41) is 0. The normalized spacial score (nSPS) is 18.7. The van der Waals surface area contributed by atoms with Crippen LogP contribution in [0.15, 0.2) is 24.3 Å². The van der Waals surface area contributed by atoms with Crippen molar-refractivity contribution in [3.8, 4) is 0 Å². The number of fused-ring (bicyclic) bond motifs is 1. The highest BCUT2D eigenvalue weighted by molar-refractivity contribution is 5.81. The van der Waals surface area contributed by atoms with Crippen molar-refractivity contribution >= 4 is 17.5 Å². The lowest BCUT2D eigenvalue weighted by atomic mass is 9.79. The van der Waals surface area contributed by atoms with E-state index in [1.54, 1.807) is 6.08 Å². The van der Waals surface area contributed by atoms with Crippen LogP contribution in [0, 0.1) is 0 Å². The predicted octanol–water partition coefficient (Wildman–Crippen LogP) is 3.80. The number of anilines is 1. The Morgan fingerprint density at radius 2 is 2.11 bits per heavy atom. The number of rotatable bonds is 2. The van der Waals surface area contributed by atoms with Crippen LogP contribution in [0.4, 0.5) is 5.69 Å². The second kappa shape index (κ2) is 5.20. The molecule has 1 heterocycles. The average molecular weight is 257 g/mol. The maximum atomic E-state index is 10.6. The van der Waals surface area contributed by atoms with Crippen molar-refractivity contribution in [2.45, 2.75) is 39.0 Å². The highest BCUT2D eigenvalue weighted by Gasteiger charge is 2.27. The standard InChI is InChI=1S/C17H23NO/c1-13(8-11-19)14-6-7-16-15(12-14)17(2,3)9-5-10-18(16)4/h6-8,11-12H,5,9-10H2,1-4H3/b13-8+. The maximum absolute atomic E-state index is 10.6. The SMILES string of the molecule is C/C(=C\C=O)c1ccc2c(c1)C(C)(C)CCCN2C. The van der Waals surface area contributed by atoms with E-state index in [1.165, 1.54) is 24.1 Å². The Morgan fingerprint density at radius 3 is 2.79 bits per heavy atom. The topological polar surface area (TPSA) is 20.3 Å². The molecule has 19 heavy (non-hydrogen) atoms. The Morgan fingerprint density at radius 1 is 1.37 bits per heavy atom. The van der Waals surface area contributed by atoms with Gasteiger partial charge in [-0.05, 0) is 60.1 Å². The molecule has 1 aromatic rings. The largest absolute Gasteiger partial charge is 0.374 e. The van der Waals surface area contributed by atoms with Crippen LogP contribution in [0.2, 0.25) is 0 Å². The third kappa shape index (κ3) is 2.73. The Bertz CT molecular complexity index is 514. The first kappa shape index (κ1) is 13.9. The van der Waals surface area contributed by atoms with Crippen LogP contribution < -0.4 is 4.90 Å². The lowest BCUT2D eigenvalue weighted by molar-refractivity contribution is -0.104. The summed E-state index contributed by atoms with van der Waals surface area (Å²) in [5.74, 6) is 0. The minimum absolute atomic E-state index is 0.192. The Labute approximate surface area is 116 Å². The molecule has 0 saturated carbocycles. The molecule has 0 atom stereocenters. The van der Waals surface area contributed by atoms with Crippen LogP contribution >= 0.6 is 0 Å². The van der Waals surface area contributed by atoms with Crippen LogP contribution in [0.3, 0.4) is 0 Å². The minimum atomic E-state index is 0.192. The molecule has 0 radical (unpaired) electrons. The second-order valence-corrected chi connectivity index (χ2v) is 6.13. The van der Waals surface area contributed by atoms with Crippen molar-refractivity contribution in [2.24, 2.45) is 0 Å². The Balaban J connectivity index is 2.55. The van der Waals surface area contributed by atoms with Gasteiger partial charge in [0.25, 0.3) is 0 Å². The molecular formula is C17H23NO. The molecule has 0 aliphatic carbocycles. The first-order valence-corrected chi connectivity index (χ1v) is 6.94. The van der Waals surface area contributed by atoms with E-state index in [4.69, 9.17) is 0 Å². The summed E-state index contributed by atoms with van der Waals surface area (Å²) >= 11 is 0. The molecule has 0 N–H and O–H groups in total. The summed E-state index contributed by atoms with van der Waals surface area (Å²) in [6, 6.07) is 6.57. The first-order valence-electron chi connectivity index (χ1n) is 6.94. The summed E-state index contributed by atoms with van der Waals surface area (Å²) < 4.78 is 0. The van der Waals surface area contributed by atoms with E-state index in [0.29, 0.717) is 0 Å². The first-order chi connectivity index (χ1) is 8.95. The van der Waals surface area contributed by atoms with E-state index in [0.717, 1.165) is 24.0 Å². The molecule has 0 amide bonds. The lowest BCUT2D eigenvalue weighted by Gasteiger charge is -2.27. The number of hydrogen-bond acceptors (Lipinski definition) is 2. The van der Waals surface area contributed by atoms with Crippen LogP contribution in [0.1, 0.15) is 44.7 Å². The van der Waals surface area contributed by atoms with Gasteiger partial charge in [-0.1, -0.05) is 19.9 Å². The molecule has 2 heteroatoms. The molecule has 2 rings (SSSR count). The molecule has 0 bridgehead atoms. The zero-order valence-electron chi connectivity index (χ0n) is 12.4. The molecule has 1 aromatic carbocycles. The number of carbonyl (C=O) groups excluding carboxylic acids is 1. The molecule has 0 fully saturated rings. The maximum Gasteiger partial charge on any atom is 0.143 e. The van der Waals surface area contributed by atoms with Gasteiger partial charge in [0.15, 0.2) is 0 Å². The summed E-state index contributed by atoms with van der Waals surface area (Å²) in [6.45, 7) is 7.73. The minimum Gasteiger partial charge on any atom is -0.374 e. The number of allylic oxidation sites excluding steroid dienone is 2. The van der Waals surface area contributed by atoms with Gasteiger partial charge in [-0.15, -0.1) is 0 Å². The predicted molar refractivity (Wildman–Crippen MR) is 81.7 cm³/mol. The smallest absolute Gasteiger partial charge is 0.143 e. The molecule has 1 aliphatic heterocycles. The van der Waals surface area contributed by atoms with Crippen LogP contribution in [0.5, 0.6) is 0 Å². The average Bonchev–Trinajstić information content (AvgIpc) is 2.48. The van der Waals surface area contributed by atoms with Crippen molar-refractivity contribution in [1.29, 1.82) is 0 Å². The molecular weight excluding hydrogens is 234 g/mol. The highest BCUT2D eigenvalue weighted by atomic mass is 16.1. The van der Waals surface area contributed by atoms with Crippen molar-refractivity contribution < 1.29 is 4.79 Å². The van der Waals surface area contributed by atoms with Crippen LogP contribution in [0.25, 0.3) is 5.57 Å². The fourth-order valence-corrected chi connectivity index (χ4v) is 2.87. The van der Waals surface area contributed by atoms with Crippen LogP contribution in [-0.4, -0.2) is 19.9 Å². The third-order valence-electron chi connectivity index (χ3n) is 4.21. The number of nitrogens with zero attached hydrogens (tertiary/aromatic N) is 1. The van der Waals surface area contributed by atoms with E-state index in [-0.39, 0.29) is 5.41 Å². The van der Waals surface area contributed by atoms with Gasteiger partial charge in [-0.25, -0.2) is 0 Å². The van der Waals surface area contributed by atoms with Gasteiger partial charge in [0.1, 0.15) is 6.29 Å². The molecule has 2 nitrogen and oxygen atoms in total. The second-order valence-electron chi connectivity index (χ2n) is 6.13. The quantitative estimate of drug-likeness (QED) is 0.593. The van der Waals surface area contributed by atoms with Crippen molar-refractivity contribution in [1.82, 2.24) is 0 Å². The van der Waals surface area contributed by atoms with Gasteiger partial charge in [0.05, 0.1) is 0 Å². The van der Waals surface area contributed by atoms with E-state index in [9.17, 15) is 4.79 Å². The van der Waals surface area contributed by atoms with Crippen molar-refractivity contribution in [2.75, 3.05) is 18.5 Å². The number of benzene rings is 1. The fraction of sp³-hybridized carbons (Fsp3) is 0.471. The van der Waals surface area contributed by atoms with Gasteiger partial charge >= 0.3 is 0 Å². The zero-order valence-corrected chi connectivity index (χ0v) is 12.4. The van der Waals surface area contributed by atoms with Crippen LogP contribution in [-0.2, 0) is 10.2 Å². The molecule has 1 aliphatic rings. The van der Waals surface area contributed by atoms with Crippen molar-refractivity contribution in [3.63, 3.8) is 0 Å². The van der Waals surface area contributed by atoms with Gasteiger partial charge in [0, 0.05) is 19.3 Å².